The molecule has 6 heteroatoms. The van der Waals surface area contributed by atoms with Crippen LogP contribution in [0.4, 0.5) is 5.69 Å². The summed E-state index contributed by atoms with van der Waals surface area (Å²) in [6, 6.07) is 2.35. The molecule has 1 atom stereocenters. The maximum Gasteiger partial charge on any atom is 0.305 e. The molecule has 0 aromatic carbocycles. The Morgan fingerprint density at radius 3 is 2.75 bits per heavy atom. The number of aromatic nitrogens is 1. The van der Waals surface area contributed by atoms with Gasteiger partial charge >= 0.3 is 5.97 Å². The maximum atomic E-state index is 11.4. The third-order valence-corrected chi connectivity index (χ3v) is 1.91. The Labute approximate surface area is 92.5 Å². The van der Waals surface area contributed by atoms with Crippen molar-refractivity contribution in [1.29, 1.82) is 0 Å². The van der Waals surface area contributed by atoms with E-state index >= 15 is 0 Å². The Kier molecular flexibility index (Phi) is 3.96. The van der Waals surface area contributed by atoms with Crippen molar-refractivity contribution in [3.8, 4) is 0 Å². The summed E-state index contributed by atoms with van der Waals surface area (Å²) in [5.41, 5.74) is 6.71. The monoisotopic (exact) mass is 223 g/mol. The molecule has 0 spiro atoms. The van der Waals surface area contributed by atoms with E-state index in [0.717, 1.165) is 5.69 Å². The van der Waals surface area contributed by atoms with Gasteiger partial charge < -0.3 is 16.2 Å². The van der Waals surface area contributed by atoms with Crippen LogP contribution in [-0.4, -0.2) is 28.0 Å². The molecule has 1 aromatic heterocycles. The fourth-order valence-electron chi connectivity index (χ4n) is 1.06. The fourth-order valence-corrected chi connectivity index (χ4v) is 1.06. The van der Waals surface area contributed by atoms with Gasteiger partial charge in [0.25, 0.3) is 0 Å². The Hall–Kier alpha value is -1.95. The number of hydrogen-bond donors (Lipinski definition) is 3. The molecule has 1 amide bonds. The Morgan fingerprint density at radius 1 is 1.56 bits per heavy atom. The molecule has 6 nitrogen and oxygen atoms in total. The summed E-state index contributed by atoms with van der Waals surface area (Å²) >= 11 is 0. The number of nitrogens with two attached hydrogens (primary N) is 1. The van der Waals surface area contributed by atoms with Crippen LogP contribution in [0.15, 0.2) is 18.3 Å². The van der Waals surface area contributed by atoms with E-state index in [4.69, 9.17) is 10.8 Å². The maximum absolute atomic E-state index is 11.4. The van der Waals surface area contributed by atoms with Crippen molar-refractivity contribution in [3.05, 3.63) is 24.0 Å². The third kappa shape index (κ3) is 3.66. The average Bonchev–Trinajstić information content (AvgIpc) is 2.20. The molecule has 1 aromatic rings. The quantitative estimate of drug-likeness (QED) is 0.672. The van der Waals surface area contributed by atoms with E-state index in [2.05, 4.69) is 10.3 Å². The van der Waals surface area contributed by atoms with Crippen LogP contribution in [0.2, 0.25) is 0 Å². The van der Waals surface area contributed by atoms with Gasteiger partial charge in [0.15, 0.2) is 0 Å². The van der Waals surface area contributed by atoms with E-state index in [1.54, 1.807) is 12.1 Å². The molecule has 1 unspecified atom stereocenters. The lowest BCUT2D eigenvalue weighted by Crippen LogP contribution is -2.37. The van der Waals surface area contributed by atoms with Crippen LogP contribution in [0.25, 0.3) is 0 Å². The first kappa shape index (κ1) is 12.1. The molecule has 0 aliphatic carbocycles. The molecule has 0 aliphatic heterocycles. The van der Waals surface area contributed by atoms with Crippen LogP contribution < -0.4 is 11.1 Å². The van der Waals surface area contributed by atoms with Crippen LogP contribution in [0.1, 0.15) is 12.1 Å². The lowest BCUT2D eigenvalue weighted by atomic mass is 10.2. The largest absolute Gasteiger partial charge is 0.481 e. The van der Waals surface area contributed by atoms with Gasteiger partial charge in [-0.3, -0.25) is 14.6 Å². The molecule has 16 heavy (non-hydrogen) atoms. The molecule has 0 radical (unpaired) electrons. The van der Waals surface area contributed by atoms with Gasteiger partial charge in [0, 0.05) is 5.69 Å². The average molecular weight is 223 g/mol. The van der Waals surface area contributed by atoms with Crippen LogP contribution >= 0.6 is 0 Å². The number of pyridine rings is 1. The van der Waals surface area contributed by atoms with Crippen molar-refractivity contribution < 1.29 is 14.7 Å². The molecule has 0 saturated carbocycles. The molecular formula is C10H13N3O3. The number of carbonyl (C=O) groups is 2. The van der Waals surface area contributed by atoms with Crippen molar-refractivity contribution in [2.75, 3.05) is 5.32 Å². The number of carboxylic acids is 1. The van der Waals surface area contributed by atoms with E-state index in [0.29, 0.717) is 5.69 Å². The van der Waals surface area contributed by atoms with Gasteiger partial charge in [0.1, 0.15) is 0 Å². The summed E-state index contributed by atoms with van der Waals surface area (Å²) in [4.78, 5) is 25.7. The first-order chi connectivity index (χ1) is 7.49. The summed E-state index contributed by atoms with van der Waals surface area (Å²) < 4.78 is 0. The molecule has 1 heterocycles. The summed E-state index contributed by atoms with van der Waals surface area (Å²) in [6.07, 6.45) is 1.09. The molecule has 86 valence electrons. The molecule has 1 rings (SSSR count). The summed E-state index contributed by atoms with van der Waals surface area (Å²) in [7, 11) is 0. The number of nitrogens with one attached hydrogen (secondary N) is 1. The highest BCUT2D eigenvalue weighted by atomic mass is 16.4. The predicted octanol–water partition coefficient (Wildman–Crippen LogP) is 0.131. The number of amides is 1. The Morgan fingerprint density at radius 2 is 2.25 bits per heavy atom. The van der Waals surface area contributed by atoms with Gasteiger partial charge in [-0.05, 0) is 19.1 Å². The zero-order chi connectivity index (χ0) is 12.1. The van der Waals surface area contributed by atoms with E-state index in [1.807, 2.05) is 6.92 Å². The van der Waals surface area contributed by atoms with E-state index in [-0.39, 0.29) is 0 Å². The lowest BCUT2D eigenvalue weighted by molar-refractivity contribution is -0.138. The highest BCUT2D eigenvalue weighted by Gasteiger charge is 2.16. The number of carbonyl (C=O) groups excluding carboxylic acids is 1. The van der Waals surface area contributed by atoms with E-state index in [9.17, 15) is 9.59 Å². The normalized spacial score (nSPS) is 11.9. The zero-order valence-electron chi connectivity index (χ0n) is 8.80. The molecule has 0 saturated heterocycles. The summed E-state index contributed by atoms with van der Waals surface area (Å²) in [6.45, 7) is 1.82. The van der Waals surface area contributed by atoms with Gasteiger partial charge in [0.2, 0.25) is 5.91 Å². The van der Waals surface area contributed by atoms with Gasteiger partial charge in [0.05, 0.1) is 24.3 Å². The molecule has 4 N–H and O–H groups in total. The fraction of sp³-hybridized carbons (Fsp3) is 0.300. The van der Waals surface area contributed by atoms with Crippen LogP contribution in [0.5, 0.6) is 0 Å². The minimum atomic E-state index is -1.11. The van der Waals surface area contributed by atoms with Gasteiger partial charge in [-0.25, -0.2) is 0 Å². The number of hydrogen-bond acceptors (Lipinski definition) is 4. The topological polar surface area (TPSA) is 105 Å². The number of carboxylic acid groups (broad SMARTS) is 1. The number of aliphatic carboxylic acids is 1. The smallest absolute Gasteiger partial charge is 0.305 e. The number of nitrogens with zero attached hydrogens (tertiary/aromatic N) is 1. The van der Waals surface area contributed by atoms with Crippen molar-refractivity contribution in [1.82, 2.24) is 4.98 Å². The van der Waals surface area contributed by atoms with Crippen LogP contribution in [-0.2, 0) is 9.59 Å². The molecule has 0 fully saturated rings. The summed E-state index contributed by atoms with van der Waals surface area (Å²) in [5, 5.41) is 10.9. The first-order valence-electron chi connectivity index (χ1n) is 4.70. The van der Waals surface area contributed by atoms with Crippen molar-refractivity contribution >= 4 is 17.6 Å². The highest BCUT2D eigenvalue weighted by molar-refractivity contribution is 5.96. The van der Waals surface area contributed by atoms with Gasteiger partial charge in [-0.15, -0.1) is 0 Å². The highest BCUT2D eigenvalue weighted by Crippen LogP contribution is 2.06. The van der Waals surface area contributed by atoms with Crippen LogP contribution in [0.3, 0.4) is 0 Å². The number of rotatable bonds is 4. The van der Waals surface area contributed by atoms with E-state index in [1.165, 1.54) is 6.20 Å². The van der Waals surface area contributed by atoms with Crippen molar-refractivity contribution in [2.24, 2.45) is 5.73 Å². The second kappa shape index (κ2) is 5.22. The Balaban J connectivity index is 2.57. The first-order valence-corrected chi connectivity index (χ1v) is 4.70. The number of anilines is 1. The minimum Gasteiger partial charge on any atom is -0.481 e. The Bertz CT molecular complexity index is 389. The lowest BCUT2D eigenvalue weighted by Gasteiger charge is -2.09. The predicted molar refractivity (Wildman–Crippen MR) is 57.8 cm³/mol. The molecule has 0 bridgehead atoms. The van der Waals surface area contributed by atoms with E-state index < -0.39 is 24.3 Å². The van der Waals surface area contributed by atoms with Crippen LogP contribution in [0, 0.1) is 6.92 Å². The van der Waals surface area contributed by atoms with Crippen molar-refractivity contribution in [3.63, 3.8) is 0 Å². The molecular weight excluding hydrogens is 210 g/mol. The standard InChI is InChI=1S/C10H13N3O3/c1-6-2-3-7(5-12-6)13-10(16)8(11)4-9(14)15/h2-3,5,8H,4,11H2,1H3,(H,13,16)(H,14,15). The van der Waals surface area contributed by atoms with Gasteiger partial charge in [-0.2, -0.15) is 0 Å². The van der Waals surface area contributed by atoms with Gasteiger partial charge in [-0.1, -0.05) is 0 Å². The summed E-state index contributed by atoms with van der Waals surface area (Å²) in [5.74, 6) is -1.64. The number of aryl methyl sites for hydroxylation is 1. The SMILES string of the molecule is Cc1ccc(NC(=O)C(N)CC(=O)O)cn1. The second-order valence-corrected chi connectivity index (χ2v) is 3.38. The molecule has 0 aliphatic rings. The third-order valence-electron chi connectivity index (χ3n) is 1.91. The minimum absolute atomic E-state index is 0.398. The zero-order valence-corrected chi connectivity index (χ0v) is 8.80. The second-order valence-electron chi connectivity index (χ2n) is 3.38. The van der Waals surface area contributed by atoms with Crippen molar-refractivity contribution in [2.45, 2.75) is 19.4 Å².